The first kappa shape index (κ1) is 13.2. The number of aryl methyl sites for hydroxylation is 2. The van der Waals surface area contributed by atoms with E-state index < -0.39 is 0 Å². The summed E-state index contributed by atoms with van der Waals surface area (Å²) in [5.41, 5.74) is 1.16. The number of halogens is 1. The number of nitrogens with one attached hydrogen (secondary N) is 1. The maximum atomic E-state index is 4.51. The van der Waals surface area contributed by atoms with E-state index in [2.05, 4.69) is 52.2 Å². The summed E-state index contributed by atoms with van der Waals surface area (Å²) >= 11 is 7.07. The van der Waals surface area contributed by atoms with Gasteiger partial charge >= 0.3 is 0 Å². The van der Waals surface area contributed by atoms with Gasteiger partial charge in [0.25, 0.3) is 0 Å². The fraction of sp³-hybridized carbons (Fsp3) is 0.417. The molecule has 0 spiro atoms. The van der Waals surface area contributed by atoms with Crippen molar-refractivity contribution in [1.29, 1.82) is 0 Å². The predicted octanol–water partition coefficient (Wildman–Crippen LogP) is 3.92. The van der Waals surface area contributed by atoms with E-state index in [-0.39, 0.29) is 0 Å². The zero-order chi connectivity index (χ0) is 12.3. The second-order valence-corrected chi connectivity index (χ2v) is 7.72. The van der Waals surface area contributed by atoms with Crippen molar-refractivity contribution in [2.75, 3.05) is 6.54 Å². The van der Waals surface area contributed by atoms with Gasteiger partial charge in [0.05, 0.1) is 9.48 Å². The maximum absolute atomic E-state index is 4.51. The molecule has 92 valence electrons. The molecule has 17 heavy (non-hydrogen) atoms. The van der Waals surface area contributed by atoms with E-state index in [0.29, 0.717) is 0 Å². The molecule has 5 heteroatoms. The van der Waals surface area contributed by atoms with Gasteiger partial charge in [-0.15, -0.1) is 22.7 Å². The van der Waals surface area contributed by atoms with Crippen molar-refractivity contribution in [3.63, 3.8) is 0 Å². The van der Waals surface area contributed by atoms with Gasteiger partial charge in [-0.05, 0) is 48.3 Å². The zero-order valence-corrected chi connectivity index (χ0v) is 13.1. The molecule has 0 unspecified atom stereocenters. The first-order valence-electron chi connectivity index (χ1n) is 5.53. The Hall–Kier alpha value is -0.230. The molecular weight excluding hydrogens is 316 g/mol. The van der Waals surface area contributed by atoms with E-state index in [9.17, 15) is 0 Å². The highest BCUT2D eigenvalue weighted by Gasteiger charge is 2.03. The molecule has 2 nitrogen and oxygen atoms in total. The highest BCUT2D eigenvalue weighted by atomic mass is 79.9. The van der Waals surface area contributed by atoms with E-state index in [0.717, 1.165) is 25.2 Å². The Kier molecular flexibility index (Phi) is 4.73. The Morgan fingerprint density at radius 2 is 2.12 bits per heavy atom. The maximum Gasteiger partial charge on any atom is 0.107 e. The van der Waals surface area contributed by atoms with Crippen LogP contribution >= 0.6 is 38.6 Å². The van der Waals surface area contributed by atoms with Crippen LogP contribution in [-0.2, 0) is 13.0 Å². The molecule has 0 bridgehead atoms. The Morgan fingerprint density at radius 3 is 2.71 bits per heavy atom. The highest BCUT2D eigenvalue weighted by Crippen LogP contribution is 2.22. The van der Waals surface area contributed by atoms with Crippen LogP contribution in [0, 0.1) is 13.8 Å². The standard InChI is InChI=1S/C12H15BrN2S2/c1-8-9(2)16-12(15-8)7-14-6-5-10-3-4-11(13)17-10/h3-4,14H,5-7H2,1-2H3. The van der Waals surface area contributed by atoms with Crippen LogP contribution in [0.1, 0.15) is 20.5 Å². The fourth-order valence-electron chi connectivity index (χ4n) is 1.51. The molecule has 0 saturated carbocycles. The number of aromatic nitrogens is 1. The Morgan fingerprint density at radius 1 is 1.29 bits per heavy atom. The molecule has 0 aliphatic carbocycles. The van der Waals surface area contributed by atoms with Crippen molar-refractivity contribution in [3.05, 3.63) is 36.4 Å². The van der Waals surface area contributed by atoms with E-state index in [1.807, 2.05) is 0 Å². The summed E-state index contributed by atoms with van der Waals surface area (Å²) in [5.74, 6) is 0. The van der Waals surface area contributed by atoms with Gasteiger partial charge in [0.2, 0.25) is 0 Å². The van der Waals surface area contributed by atoms with Gasteiger partial charge in [-0.1, -0.05) is 0 Å². The van der Waals surface area contributed by atoms with Gasteiger partial charge in [0.1, 0.15) is 5.01 Å². The lowest BCUT2D eigenvalue weighted by molar-refractivity contribution is 0.686. The predicted molar refractivity (Wildman–Crippen MR) is 79.0 cm³/mol. The van der Waals surface area contributed by atoms with Crippen molar-refractivity contribution in [3.8, 4) is 0 Å². The Bertz CT molecular complexity index is 471. The van der Waals surface area contributed by atoms with Gasteiger partial charge in [-0.3, -0.25) is 0 Å². The average Bonchev–Trinajstić information content (AvgIpc) is 2.82. The lowest BCUT2D eigenvalue weighted by Gasteiger charge is -2.00. The summed E-state index contributed by atoms with van der Waals surface area (Å²) in [6.45, 7) is 6.08. The average molecular weight is 331 g/mol. The minimum atomic E-state index is 0.881. The highest BCUT2D eigenvalue weighted by molar-refractivity contribution is 9.11. The molecule has 2 heterocycles. The van der Waals surface area contributed by atoms with Crippen LogP contribution in [0.5, 0.6) is 0 Å². The number of hydrogen-bond donors (Lipinski definition) is 1. The van der Waals surface area contributed by atoms with E-state index in [1.165, 1.54) is 18.5 Å². The van der Waals surface area contributed by atoms with Crippen molar-refractivity contribution >= 4 is 38.6 Å². The Balaban J connectivity index is 1.73. The monoisotopic (exact) mass is 330 g/mol. The van der Waals surface area contributed by atoms with Gasteiger partial charge in [-0.25, -0.2) is 4.98 Å². The molecule has 0 saturated heterocycles. The third kappa shape index (κ3) is 3.88. The second-order valence-electron chi connectivity index (χ2n) is 3.88. The normalized spacial score (nSPS) is 11.0. The molecule has 2 rings (SSSR count). The lowest BCUT2D eigenvalue weighted by atomic mass is 10.3. The van der Waals surface area contributed by atoms with Crippen molar-refractivity contribution in [1.82, 2.24) is 10.3 Å². The molecule has 0 atom stereocenters. The Labute approximate surface area is 118 Å². The topological polar surface area (TPSA) is 24.9 Å². The summed E-state index contributed by atoms with van der Waals surface area (Å²) in [6, 6.07) is 4.28. The van der Waals surface area contributed by atoms with Gasteiger partial charge in [-0.2, -0.15) is 0 Å². The number of hydrogen-bond acceptors (Lipinski definition) is 4. The van der Waals surface area contributed by atoms with Crippen LogP contribution in [0.4, 0.5) is 0 Å². The number of nitrogens with zero attached hydrogens (tertiary/aromatic N) is 1. The second kappa shape index (κ2) is 6.09. The van der Waals surface area contributed by atoms with Crippen LogP contribution in [0.2, 0.25) is 0 Å². The van der Waals surface area contributed by atoms with Crippen LogP contribution in [0.15, 0.2) is 15.9 Å². The van der Waals surface area contributed by atoms with E-state index >= 15 is 0 Å². The summed E-state index contributed by atoms with van der Waals surface area (Å²) < 4.78 is 1.21. The molecule has 2 aromatic rings. The summed E-state index contributed by atoms with van der Waals surface area (Å²) in [7, 11) is 0. The fourth-order valence-corrected chi connectivity index (χ4v) is 3.89. The SMILES string of the molecule is Cc1nc(CNCCc2ccc(Br)s2)sc1C. The molecule has 0 aliphatic rings. The molecule has 1 N–H and O–H groups in total. The summed E-state index contributed by atoms with van der Waals surface area (Å²) in [6.07, 6.45) is 1.08. The van der Waals surface area contributed by atoms with Crippen molar-refractivity contribution in [2.24, 2.45) is 0 Å². The first-order chi connectivity index (χ1) is 8.15. The molecule has 0 amide bonds. The number of thiazole rings is 1. The number of thiophene rings is 1. The third-order valence-corrected chi connectivity index (χ3v) is 5.28. The van der Waals surface area contributed by atoms with Crippen molar-refractivity contribution < 1.29 is 0 Å². The largest absolute Gasteiger partial charge is 0.310 e. The molecule has 2 aromatic heterocycles. The van der Waals surface area contributed by atoms with Crippen LogP contribution < -0.4 is 5.32 Å². The molecule has 0 aliphatic heterocycles. The smallest absolute Gasteiger partial charge is 0.107 e. The lowest BCUT2D eigenvalue weighted by Crippen LogP contribution is -2.16. The summed E-state index contributed by atoms with van der Waals surface area (Å²) in [5, 5.41) is 4.63. The minimum Gasteiger partial charge on any atom is -0.310 e. The molecular formula is C12H15BrN2S2. The first-order valence-corrected chi connectivity index (χ1v) is 7.95. The van der Waals surface area contributed by atoms with E-state index in [1.54, 1.807) is 22.7 Å². The zero-order valence-electron chi connectivity index (χ0n) is 9.92. The van der Waals surface area contributed by atoms with Gasteiger partial charge in [0, 0.05) is 22.8 Å². The third-order valence-electron chi connectivity index (χ3n) is 2.53. The quantitative estimate of drug-likeness (QED) is 0.840. The number of rotatable bonds is 5. The van der Waals surface area contributed by atoms with E-state index in [4.69, 9.17) is 0 Å². The summed E-state index contributed by atoms with van der Waals surface area (Å²) in [4.78, 5) is 7.25. The van der Waals surface area contributed by atoms with Crippen molar-refractivity contribution in [2.45, 2.75) is 26.8 Å². The minimum absolute atomic E-state index is 0.881. The van der Waals surface area contributed by atoms with Gasteiger partial charge < -0.3 is 5.32 Å². The molecule has 0 aromatic carbocycles. The van der Waals surface area contributed by atoms with Crippen LogP contribution in [-0.4, -0.2) is 11.5 Å². The van der Waals surface area contributed by atoms with Gasteiger partial charge in [0.15, 0.2) is 0 Å². The van der Waals surface area contributed by atoms with Crippen LogP contribution in [0.3, 0.4) is 0 Å². The molecule has 0 fully saturated rings. The molecule has 0 radical (unpaired) electrons. The van der Waals surface area contributed by atoms with Crippen LogP contribution in [0.25, 0.3) is 0 Å².